The number of Topliss-reactive ketones (excluding diaryl/α,β-unsaturated/α-hetero) is 1. The van der Waals surface area contributed by atoms with E-state index in [0.29, 0.717) is 0 Å². The molecule has 0 aliphatic heterocycles. The van der Waals surface area contributed by atoms with E-state index in [1.165, 1.54) is 32.1 Å². The summed E-state index contributed by atoms with van der Waals surface area (Å²) in [6.07, 6.45) is 16.2. The number of ketones is 1. The summed E-state index contributed by atoms with van der Waals surface area (Å²) in [6.45, 7) is 15.7. The highest BCUT2D eigenvalue weighted by Crippen LogP contribution is 2.33. The fraction of sp³-hybridized carbons (Fsp3) is 0.576. The fourth-order valence-electron chi connectivity index (χ4n) is 5.05. The van der Waals surface area contributed by atoms with E-state index in [-0.39, 0.29) is 17.6 Å². The third-order valence-electron chi connectivity index (χ3n) is 7.56. The predicted molar refractivity (Wildman–Crippen MR) is 161 cm³/mol. The maximum absolute atomic E-state index is 12.6. The van der Waals surface area contributed by atoms with Crippen molar-refractivity contribution in [2.24, 2.45) is 11.8 Å². The molecule has 4 nitrogen and oxygen atoms in total. The molecule has 1 amide bonds. The van der Waals surface area contributed by atoms with Crippen molar-refractivity contribution in [2.75, 3.05) is 11.1 Å². The molecule has 206 valence electrons. The SMILES string of the molecule is C=C/C(C(C)=O)=C(CC)\C(C)=C/C.CCCCc1cc(NC(=O)C2CCC(CCCC)CC2)ccc1N. The quantitative estimate of drug-likeness (QED) is 0.168. The summed E-state index contributed by atoms with van der Waals surface area (Å²) in [5.41, 5.74) is 11.9. The molecule has 0 unspecified atom stereocenters. The maximum Gasteiger partial charge on any atom is 0.227 e. The van der Waals surface area contributed by atoms with E-state index < -0.39 is 0 Å². The molecule has 4 heteroatoms. The average molecular weight is 509 g/mol. The lowest BCUT2D eigenvalue weighted by molar-refractivity contribution is -0.121. The molecule has 1 aromatic rings. The number of rotatable bonds is 12. The number of hydrogen-bond acceptors (Lipinski definition) is 3. The van der Waals surface area contributed by atoms with E-state index in [9.17, 15) is 9.59 Å². The van der Waals surface area contributed by atoms with Gasteiger partial charge >= 0.3 is 0 Å². The molecule has 0 saturated heterocycles. The number of hydrogen-bond donors (Lipinski definition) is 2. The number of aryl methyl sites for hydroxylation is 1. The van der Waals surface area contributed by atoms with Gasteiger partial charge in [-0.1, -0.05) is 70.8 Å². The van der Waals surface area contributed by atoms with Gasteiger partial charge in [0.1, 0.15) is 0 Å². The van der Waals surface area contributed by atoms with Crippen molar-refractivity contribution in [3.63, 3.8) is 0 Å². The number of benzene rings is 1. The Hall–Kier alpha value is -2.62. The number of allylic oxidation sites excluding steroid dienone is 5. The van der Waals surface area contributed by atoms with Crippen LogP contribution < -0.4 is 11.1 Å². The summed E-state index contributed by atoms with van der Waals surface area (Å²) in [5, 5.41) is 3.12. The Morgan fingerprint density at radius 2 is 1.70 bits per heavy atom. The molecule has 37 heavy (non-hydrogen) atoms. The van der Waals surface area contributed by atoms with Gasteiger partial charge in [-0.3, -0.25) is 9.59 Å². The lowest BCUT2D eigenvalue weighted by Crippen LogP contribution is -2.27. The molecular weight excluding hydrogens is 456 g/mol. The molecule has 1 fully saturated rings. The summed E-state index contributed by atoms with van der Waals surface area (Å²) in [6, 6.07) is 5.90. The zero-order valence-electron chi connectivity index (χ0n) is 24.4. The summed E-state index contributed by atoms with van der Waals surface area (Å²) < 4.78 is 0. The van der Waals surface area contributed by atoms with Crippen LogP contribution in [0, 0.1) is 11.8 Å². The summed E-state index contributed by atoms with van der Waals surface area (Å²) >= 11 is 0. The number of amides is 1. The second-order valence-corrected chi connectivity index (χ2v) is 10.3. The highest BCUT2D eigenvalue weighted by molar-refractivity contribution is 5.97. The first-order valence-corrected chi connectivity index (χ1v) is 14.4. The van der Waals surface area contributed by atoms with Crippen LogP contribution >= 0.6 is 0 Å². The highest BCUT2D eigenvalue weighted by atomic mass is 16.2. The lowest BCUT2D eigenvalue weighted by Gasteiger charge is -2.27. The molecule has 0 radical (unpaired) electrons. The molecule has 1 aliphatic rings. The van der Waals surface area contributed by atoms with E-state index in [0.717, 1.165) is 78.1 Å². The minimum absolute atomic E-state index is 0.0908. The smallest absolute Gasteiger partial charge is 0.227 e. The van der Waals surface area contributed by atoms with E-state index in [2.05, 4.69) is 38.7 Å². The molecule has 1 aliphatic carbocycles. The van der Waals surface area contributed by atoms with Gasteiger partial charge in [0.2, 0.25) is 5.91 Å². The number of nitrogens with one attached hydrogen (secondary N) is 1. The number of carbonyl (C=O) groups is 2. The molecule has 0 heterocycles. The Morgan fingerprint density at radius 1 is 1.05 bits per heavy atom. The third-order valence-corrected chi connectivity index (χ3v) is 7.56. The number of nitrogens with two attached hydrogens (primary N) is 1. The average Bonchev–Trinajstić information content (AvgIpc) is 2.90. The predicted octanol–water partition coefficient (Wildman–Crippen LogP) is 8.98. The van der Waals surface area contributed by atoms with Crippen molar-refractivity contribution >= 4 is 23.1 Å². The van der Waals surface area contributed by atoms with Crippen molar-refractivity contribution in [2.45, 2.75) is 112 Å². The van der Waals surface area contributed by atoms with Gasteiger partial charge < -0.3 is 11.1 Å². The van der Waals surface area contributed by atoms with E-state index in [4.69, 9.17) is 5.73 Å². The molecule has 0 atom stereocenters. The maximum atomic E-state index is 12.6. The Labute approximate surface area is 226 Å². The van der Waals surface area contributed by atoms with Crippen LogP contribution in [0.25, 0.3) is 0 Å². The first-order chi connectivity index (χ1) is 17.7. The first-order valence-electron chi connectivity index (χ1n) is 14.4. The molecule has 2 rings (SSSR count). The van der Waals surface area contributed by atoms with Gasteiger partial charge in [0.25, 0.3) is 0 Å². The molecule has 3 N–H and O–H groups in total. The Balaban J connectivity index is 0.000000448. The molecule has 1 aromatic carbocycles. The minimum atomic E-state index is 0.0908. The van der Waals surface area contributed by atoms with Crippen molar-refractivity contribution in [1.82, 2.24) is 0 Å². The van der Waals surface area contributed by atoms with Crippen LogP contribution in [0.5, 0.6) is 0 Å². The van der Waals surface area contributed by atoms with Gasteiger partial charge in [0, 0.05) is 22.9 Å². The molecular formula is C33H52N2O2. The van der Waals surface area contributed by atoms with E-state index in [1.807, 2.05) is 32.1 Å². The van der Waals surface area contributed by atoms with Crippen molar-refractivity contribution in [3.05, 3.63) is 59.2 Å². The Morgan fingerprint density at radius 3 is 2.22 bits per heavy atom. The third kappa shape index (κ3) is 11.1. The van der Waals surface area contributed by atoms with Crippen molar-refractivity contribution in [1.29, 1.82) is 0 Å². The summed E-state index contributed by atoms with van der Waals surface area (Å²) in [5.74, 6) is 1.30. The summed E-state index contributed by atoms with van der Waals surface area (Å²) in [4.78, 5) is 23.8. The summed E-state index contributed by atoms with van der Waals surface area (Å²) in [7, 11) is 0. The highest BCUT2D eigenvalue weighted by Gasteiger charge is 2.26. The monoisotopic (exact) mass is 508 g/mol. The van der Waals surface area contributed by atoms with Gasteiger partial charge in [-0.2, -0.15) is 0 Å². The number of unbranched alkanes of at least 4 members (excludes halogenated alkanes) is 2. The second kappa shape index (κ2) is 17.8. The molecule has 0 bridgehead atoms. The minimum Gasteiger partial charge on any atom is -0.399 e. The standard InChI is InChI=1S/C21H34N2O.C12H18O/c1-3-5-7-16-9-11-17(12-10-16)21(24)23-19-13-14-20(22)18(15-19)8-6-4-2;1-6-9(4)11(7-2)12(8-3)10(5)13/h13-17H,3-12,22H2,1-2H3,(H,23,24);6,8H,3,7H2,1-2,4-5H3/b;9-6-,12-11+. The second-order valence-electron chi connectivity index (χ2n) is 10.3. The Kier molecular flexibility index (Phi) is 15.6. The van der Waals surface area contributed by atoms with Crippen LogP contribution in [0.2, 0.25) is 0 Å². The van der Waals surface area contributed by atoms with Crippen LogP contribution in [-0.4, -0.2) is 11.7 Å². The van der Waals surface area contributed by atoms with Crippen LogP contribution in [0.1, 0.15) is 111 Å². The van der Waals surface area contributed by atoms with Gasteiger partial charge in [0.15, 0.2) is 5.78 Å². The molecule has 0 aromatic heterocycles. The van der Waals surface area contributed by atoms with Gasteiger partial charge in [-0.15, -0.1) is 0 Å². The normalized spacial score (nSPS) is 18.3. The topological polar surface area (TPSA) is 72.2 Å². The first kappa shape index (κ1) is 32.4. The van der Waals surface area contributed by atoms with Gasteiger partial charge in [0.05, 0.1) is 0 Å². The zero-order chi connectivity index (χ0) is 27.8. The number of anilines is 2. The van der Waals surface area contributed by atoms with E-state index in [1.54, 1.807) is 13.0 Å². The van der Waals surface area contributed by atoms with Crippen molar-refractivity contribution < 1.29 is 9.59 Å². The van der Waals surface area contributed by atoms with Crippen LogP contribution in [0.15, 0.2) is 53.6 Å². The van der Waals surface area contributed by atoms with Gasteiger partial charge in [-0.05, 0) is 101 Å². The van der Waals surface area contributed by atoms with Crippen LogP contribution in [-0.2, 0) is 16.0 Å². The lowest BCUT2D eigenvalue weighted by atomic mass is 9.79. The zero-order valence-corrected chi connectivity index (χ0v) is 24.4. The van der Waals surface area contributed by atoms with Gasteiger partial charge in [-0.25, -0.2) is 0 Å². The molecule has 1 saturated carbocycles. The Bertz CT molecular complexity index is 934. The number of nitrogen functional groups attached to an aromatic ring is 1. The number of carbonyl (C=O) groups excluding carboxylic acids is 2. The van der Waals surface area contributed by atoms with Crippen LogP contribution in [0.4, 0.5) is 11.4 Å². The largest absolute Gasteiger partial charge is 0.399 e. The molecule has 0 spiro atoms. The van der Waals surface area contributed by atoms with Crippen molar-refractivity contribution in [3.8, 4) is 0 Å². The van der Waals surface area contributed by atoms with E-state index >= 15 is 0 Å². The fourth-order valence-corrected chi connectivity index (χ4v) is 5.05. The van der Waals surface area contributed by atoms with Crippen LogP contribution in [0.3, 0.4) is 0 Å².